The van der Waals surface area contributed by atoms with Crippen molar-refractivity contribution in [3.63, 3.8) is 0 Å². The van der Waals surface area contributed by atoms with Crippen molar-refractivity contribution in [1.82, 2.24) is 5.32 Å². The van der Waals surface area contributed by atoms with Gasteiger partial charge in [-0.05, 0) is 48.2 Å². The fourth-order valence-corrected chi connectivity index (χ4v) is 6.02. The Bertz CT molecular complexity index is 1230. The van der Waals surface area contributed by atoms with Crippen LogP contribution >= 0.6 is 11.3 Å². The first kappa shape index (κ1) is 22.9. The number of thiophene rings is 1. The summed E-state index contributed by atoms with van der Waals surface area (Å²) in [7, 11) is -2.52. The number of nitrogens with one attached hydrogen (secondary N) is 1. The highest BCUT2D eigenvalue weighted by molar-refractivity contribution is 7.94. The van der Waals surface area contributed by atoms with Crippen LogP contribution in [0.4, 0.5) is 5.69 Å². The third-order valence-corrected chi connectivity index (χ3v) is 8.26. The molecule has 0 radical (unpaired) electrons. The highest BCUT2D eigenvalue weighted by Crippen LogP contribution is 2.34. The third-order valence-electron chi connectivity index (χ3n) is 5.12. The standard InChI is InChI=1S/C23H24N2O6S2/c1-16(17-9-10-20-21(14-17)31-12-11-30-20)24-22(26)15-25(18-6-3-4-7-19(18)29-2)33(27,28)23-8-5-13-32-23/h3-10,13-14,16H,11-12,15H2,1-2H3,(H,24,26). The van der Waals surface area contributed by atoms with Crippen molar-refractivity contribution in [1.29, 1.82) is 0 Å². The van der Waals surface area contributed by atoms with Crippen molar-refractivity contribution >= 4 is 33.0 Å². The van der Waals surface area contributed by atoms with Crippen LogP contribution in [0, 0.1) is 0 Å². The molecule has 0 bridgehead atoms. The van der Waals surface area contributed by atoms with Gasteiger partial charge in [0.25, 0.3) is 10.0 Å². The smallest absolute Gasteiger partial charge is 0.274 e. The number of carbonyl (C=O) groups excluding carboxylic acids is 1. The molecule has 1 aliphatic heterocycles. The lowest BCUT2D eigenvalue weighted by atomic mass is 10.1. The van der Waals surface area contributed by atoms with Crippen molar-refractivity contribution in [2.24, 2.45) is 0 Å². The molecule has 8 nitrogen and oxygen atoms in total. The maximum Gasteiger partial charge on any atom is 0.274 e. The average molecular weight is 489 g/mol. The van der Waals surface area contributed by atoms with Gasteiger partial charge in [-0.3, -0.25) is 9.10 Å². The number of sulfonamides is 1. The highest BCUT2D eigenvalue weighted by atomic mass is 32.2. The van der Waals surface area contributed by atoms with E-state index < -0.39 is 22.5 Å². The lowest BCUT2D eigenvalue weighted by Gasteiger charge is -2.26. The van der Waals surface area contributed by atoms with E-state index >= 15 is 0 Å². The Labute approximate surface area is 196 Å². The molecule has 3 aromatic rings. The van der Waals surface area contributed by atoms with E-state index in [1.165, 1.54) is 13.2 Å². The fraction of sp³-hybridized carbons (Fsp3) is 0.261. The predicted octanol–water partition coefficient (Wildman–Crippen LogP) is 3.60. The second-order valence-corrected chi connectivity index (χ2v) is 10.3. The Balaban J connectivity index is 1.58. The number of hydrogen-bond donors (Lipinski definition) is 1. The molecule has 0 saturated heterocycles. The largest absolute Gasteiger partial charge is 0.495 e. The average Bonchev–Trinajstić information content (AvgIpc) is 3.38. The highest BCUT2D eigenvalue weighted by Gasteiger charge is 2.30. The molecule has 1 aromatic heterocycles. The van der Waals surface area contributed by atoms with Crippen LogP contribution in [0.15, 0.2) is 64.2 Å². The van der Waals surface area contributed by atoms with Gasteiger partial charge in [-0.25, -0.2) is 8.42 Å². The second kappa shape index (κ2) is 9.72. The lowest BCUT2D eigenvalue weighted by molar-refractivity contribution is -0.120. The number of ether oxygens (including phenoxy) is 3. The monoisotopic (exact) mass is 488 g/mol. The maximum absolute atomic E-state index is 13.4. The number of fused-ring (bicyclic) bond motifs is 1. The van der Waals surface area contributed by atoms with E-state index in [-0.39, 0.29) is 15.9 Å². The van der Waals surface area contributed by atoms with E-state index in [1.807, 2.05) is 19.1 Å². The normalized spacial score (nSPS) is 13.8. The van der Waals surface area contributed by atoms with Gasteiger partial charge >= 0.3 is 0 Å². The number of para-hydroxylation sites is 2. The van der Waals surface area contributed by atoms with Crippen LogP contribution < -0.4 is 23.8 Å². The Kier molecular flexibility index (Phi) is 6.75. The van der Waals surface area contributed by atoms with Crippen molar-refractivity contribution in [3.8, 4) is 17.2 Å². The first-order valence-electron chi connectivity index (χ1n) is 10.3. The van der Waals surface area contributed by atoms with Gasteiger partial charge in [-0.2, -0.15) is 0 Å². The molecule has 4 rings (SSSR count). The second-order valence-electron chi connectivity index (χ2n) is 7.31. The number of methoxy groups -OCH3 is 1. The molecule has 2 aromatic carbocycles. The van der Waals surface area contributed by atoms with Crippen LogP contribution in [0.3, 0.4) is 0 Å². The number of carbonyl (C=O) groups is 1. The Morgan fingerprint density at radius 1 is 1.12 bits per heavy atom. The van der Waals surface area contributed by atoms with E-state index in [0.29, 0.717) is 30.5 Å². The molecule has 10 heteroatoms. The number of benzene rings is 2. The van der Waals surface area contributed by atoms with E-state index in [0.717, 1.165) is 21.2 Å². The van der Waals surface area contributed by atoms with Crippen molar-refractivity contribution in [2.45, 2.75) is 17.2 Å². The number of amides is 1. The van der Waals surface area contributed by atoms with Gasteiger partial charge in [-0.1, -0.05) is 24.3 Å². The zero-order valence-electron chi connectivity index (χ0n) is 18.2. The minimum Gasteiger partial charge on any atom is -0.495 e. The zero-order chi connectivity index (χ0) is 23.4. The van der Waals surface area contributed by atoms with E-state index in [4.69, 9.17) is 14.2 Å². The molecular formula is C23H24N2O6S2. The van der Waals surface area contributed by atoms with Gasteiger partial charge in [0.1, 0.15) is 29.7 Å². The number of hydrogen-bond acceptors (Lipinski definition) is 7. The van der Waals surface area contributed by atoms with Crippen molar-refractivity contribution < 1.29 is 27.4 Å². The Morgan fingerprint density at radius 2 is 1.88 bits per heavy atom. The summed E-state index contributed by atoms with van der Waals surface area (Å²) in [5.74, 6) is 1.18. The molecule has 0 fully saturated rings. The summed E-state index contributed by atoms with van der Waals surface area (Å²) in [5, 5.41) is 4.56. The van der Waals surface area contributed by atoms with Crippen molar-refractivity contribution in [2.75, 3.05) is 31.2 Å². The van der Waals surface area contributed by atoms with Crippen LogP contribution in [0.1, 0.15) is 18.5 Å². The third kappa shape index (κ3) is 4.91. The molecule has 2 heterocycles. The Hall–Kier alpha value is -3.24. The van der Waals surface area contributed by atoms with Gasteiger partial charge in [-0.15, -0.1) is 11.3 Å². The first-order valence-corrected chi connectivity index (χ1v) is 12.6. The van der Waals surface area contributed by atoms with Crippen LogP contribution in [0.5, 0.6) is 17.2 Å². The fourth-order valence-electron chi connectivity index (χ4n) is 3.48. The SMILES string of the molecule is COc1ccccc1N(CC(=O)NC(C)c1ccc2c(c1)OCCO2)S(=O)(=O)c1cccs1. The molecule has 1 N–H and O–H groups in total. The van der Waals surface area contributed by atoms with Crippen LogP contribution in [0.25, 0.3) is 0 Å². The zero-order valence-corrected chi connectivity index (χ0v) is 19.8. The predicted molar refractivity (Wildman–Crippen MR) is 126 cm³/mol. The van der Waals surface area contributed by atoms with Gasteiger partial charge in [0, 0.05) is 0 Å². The summed E-state index contributed by atoms with van der Waals surface area (Å²) < 4.78 is 44.5. The van der Waals surface area contributed by atoms with Crippen LogP contribution in [-0.4, -0.2) is 41.2 Å². The molecule has 1 unspecified atom stereocenters. The van der Waals surface area contributed by atoms with Crippen LogP contribution in [0.2, 0.25) is 0 Å². The molecule has 0 aliphatic carbocycles. The van der Waals surface area contributed by atoms with Gasteiger partial charge in [0.15, 0.2) is 11.5 Å². The first-order chi connectivity index (χ1) is 15.9. The minimum atomic E-state index is -3.98. The number of nitrogens with zero attached hydrogens (tertiary/aromatic N) is 1. The molecule has 0 spiro atoms. The summed E-state index contributed by atoms with van der Waals surface area (Å²) in [5.41, 5.74) is 1.10. The molecule has 33 heavy (non-hydrogen) atoms. The van der Waals surface area contributed by atoms with E-state index in [1.54, 1.807) is 41.8 Å². The summed E-state index contributed by atoms with van der Waals surface area (Å²) in [6.45, 7) is 2.38. The van der Waals surface area contributed by atoms with Gasteiger partial charge in [0.2, 0.25) is 5.91 Å². The molecular weight excluding hydrogens is 464 g/mol. The molecule has 1 amide bonds. The maximum atomic E-state index is 13.4. The number of rotatable bonds is 8. The topological polar surface area (TPSA) is 94.2 Å². The molecule has 1 atom stereocenters. The van der Waals surface area contributed by atoms with Crippen molar-refractivity contribution in [3.05, 3.63) is 65.5 Å². The summed E-state index contributed by atoms with van der Waals surface area (Å²) >= 11 is 1.09. The van der Waals surface area contributed by atoms with E-state index in [2.05, 4.69) is 5.32 Å². The molecule has 174 valence electrons. The summed E-state index contributed by atoms with van der Waals surface area (Å²) in [6.07, 6.45) is 0. The van der Waals surface area contributed by atoms with Gasteiger partial charge in [0.05, 0.1) is 18.8 Å². The quantitative estimate of drug-likeness (QED) is 0.521. The minimum absolute atomic E-state index is 0.140. The van der Waals surface area contributed by atoms with Gasteiger partial charge < -0.3 is 19.5 Å². The van der Waals surface area contributed by atoms with E-state index in [9.17, 15) is 13.2 Å². The number of anilines is 1. The molecule has 1 aliphatic rings. The summed E-state index contributed by atoms with van der Waals surface area (Å²) in [4.78, 5) is 13.0. The Morgan fingerprint density at radius 3 is 2.61 bits per heavy atom. The van der Waals surface area contributed by atoms with Crippen LogP contribution in [-0.2, 0) is 14.8 Å². The molecule has 0 saturated carbocycles. The lowest BCUT2D eigenvalue weighted by Crippen LogP contribution is -2.41. The summed E-state index contributed by atoms with van der Waals surface area (Å²) in [6, 6.07) is 15.0.